The van der Waals surface area contributed by atoms with Gasteiger partial charge in [0, 0.05) is 11.6 Å². The van der Waals surface area contributed by atoms with Gasteiger partial charge < -0.3 is 10.6 Å². The Morgan fingerprint density at radius 2 is 1.69 bits per heavy atom. The van der Waals surface area contributed by atoms with Gasteiger partial charge >= 0.3 is 0 Å². The molecule has 3 atom stereocenters. The molecule has 0 saturated heterocycles. The van der Waals surface area contributed by atoms with E-state index < -0.39 is 0 Å². The fraction of sp³-hybridized carbons (Fsp3) is 1.00. The largest absolute Gasteiger partial charge is 0.327 e. The zero-order chi connectivity index (χ0) is 11.6. The van der Waals surface area contributed by atoms with E-state index in [2.05, 4.69) is 25.9 Å². The lowest BCUT2D eigenvalue weighted by Crippen LogP contribution is -2.64. The average molecular weight is 222 g/mol. The molecule has 3 unspecified atom stereocenters. The highest BCUT2D eigenvalue weighted by atomic mass is 15.2. The lowest BCUT2D eigenvalue weighted by Gasteiger charge is -2.65. The van der Waals surface area contributed by atoms with Crippen LogP contribution in [0.25, 0.3) is 0 Å². The average Bonchev–Trinajstić information content (AvgIpc) is 2.14. The van der Waals surface area contributed by atoms with Gasteiger partial charge in [-0.15, -0.1) is 0 Å². The van der Waals surface area contributed by atoms with Crippen molar-refractivity contribution in [2.24, 2.45) is 23.0 Å². The lowest BCUT2D eigenvalue weighted by atomic mass is 9.45. The van der Waals surface area contributed by atoms with Gasteiger partial charge in [-0.3, -0.25) is 0 Å². The Hall–Kier alpha value is -0.0800. The molecule has 0 aliphatic heterocycles. The first kappa shape index (κ1) is 11.0. The summed E-state index contributed by atoms with van der Waals surface area (Å²) in [6, 6.07) is 0.387. The van der Waals surface area contributed by atoms with E-state index in [4.69, 9.17) is 5.73 Å². The normalized spacial score (nSPS) is 52.3. The first-order chi connectivity index (χ1) is 7.46. The Morgan fingerprint density at radius 3 is 2.12 bits per heavy atom. The van der Waals surface area contributed by atoms with Crippen LogP contribution in [0, 0.1) is 17.3 Å². The minimum Gasteiger partial charge on any atom is -0.327 e. The van der Waals surface area contributed by atoms with Crippen molar-refractivity contribution in [1.29, 1.82) is 0 Å². The summed E-state index contributed by atoms with van der Waals surface area (Å²) in [4.78, 5) is 2.52. The van der Waals surface area contributed by atoms with E-state index in [0.29, 0.717) is 17.0 Å². The summed E-state index contributed by atoms with van der Waals surface area (Å²) in [7, 11) is 4.56. The second-order valence-electron chi connectivity index (χ2n) is 7.23. The van der Waals surface area contributed by atoms with E-state index in [-0.39, 0.29) is 0 Å². The Labute approximate surface area is 99.6 Å². The molecule has 4 aliphatic rings. The predicted molar refractivity (Wildman–Crippen MR) is 67.2 cm³/mol. The molecule has 0 heterocycles. The van der Waals surface area contributed by atoms with Crippen molar-refractivity contribution in [1.82, 2.24) is 4.90 Å². The van der Waals surface area contributed by atoms with Crippen molar-refractivity contribution >= 4 is 0 Å². The highest BCUT2D eigenvalue weighted by Crippen LogP contribution is 2.63. The molecule has 4 fully saturated rings. The maximum Gasteiger partial charge on any atom is 0.0214 e. The summed E-state index contributed by atoms with van der Waals surface area (Å²) in [5.74, 6) is 1.93. The third-order valence-electron chi connectivity index (χ3n) is 5.99. The van der Waals surface area contributed by atoms with Gasteiger partial charge in [-0.1, -0.05) is 0 Å². The predicted octanol–water partition coefficient (Wildman–Crippen LogP) is 2.23. The Kier molecular flexibility index (Phi) is 2.23. The molecule has 0 aromatic rings. The van der Waals surface area contributed by atoms with Crippen LogP contribution in [-0.2, 0) is 0 Å². The molecule has 0 spiro atoms. The summed E-state index contributed by atoms with van der Waals surface area (Å²) < 4.78 is 0. The van der Waals surface area contributed by atoms with E-state index >= 15 is 0 Å². The molecule has 16 heavy (non-hydrogen) atoms. The van der Waals surface area contributed by atoms with Crippen LogP contribution in [-0.4, -0.2) is 30.6 Å². The highest BCUT2D eigenvalue weighted by molar-refractivity contribution is 5.13. The molecule has 4 saturated carbocycles. The molecule has 0 radical (unpaired) electrons. The Morgan fingerprint density at radius 1 is 1.12 bits per heavy atom. The van der Waals surface area contributed by atoms with Gasteiger partial charge in [-0.05, 0) is 76.8 Å². The second-order valence-corrected chi connectivity index (χ2v) is 7.23. The maximum absolute atomic E-state index is 6.33. The fourth-order valence-electron chi connectivity index (χ4n) is 5.34. The third kappa shape index (κ3) is 1.32. The zero-order valence-electron chi connectivity index (χ0n) is 11.0. The van der Waals surface area contributed by atoms with Gasteiger partial charge in [0.05, 0.1) is 0 Å². The van der Waals surface area contributed by atoms with Crippen molar-refractivity contribution in [3.8, 4) is 0 Å². The summed E-state index contributed by atoms with van der Waals surface area (Å²) in [5, 5.41) is 0. The van der Waals surface area contributed by atoms with Gasteiger partial charge in [0.25, 0.3) is 0 Å². The summed E-state index contributed by atoms with van der Waals surface area (Å²) in [6.07, 6.45) is 8.55. The van der Waals surface area contributed by atoms with Crippen LogP contribution in [0.2, 0.25) is 0 Å². The molecule has 92 valence electrons. The molecule has 0 aromatic carbocycles. The quantitative estimate of drug-likeness (QED) is 0.776. The molecule has 0 aromatic heterocycles. The third-order valence-corrected chi connectivity index (χ3v) is 5.99. The van der Waals surface area contributed by atoms with Crippen LogP contribution in [0.15, 0.2) is 0 Å². The molecule has 4 rings (SSSR count). The SMILES string of the molecule is CC(N)C12CC3CC(C1)CC(N(C)C)(C3)C2. The van der Waals surface area contributed by atoms with Crippen molar-refractivity contribution in [3.63, 3.8) is 0 Å². The number of rotatable bonds is 2. The number of hydrogen-bond acceptors (Lipinski definition) is 2. The van der Waals surface area contributed by atoms with Gasteiger partial charge in [0.15, 0.2) is 0 Å². The summed E-state index contributed by atoms with van der Waals surface area (Å²) in [6.45, 7) is 2.25. The van der Waals surface area contributed by atoms with E-state index in [1.807, 2.05) is 0 Å². The summed E-state index contributed by atoms with van der Waals surface area (Å²) >= 11 is 0. The molecule has 4 bridgehead atoms. The topological polar surface area (TPSA) is 29.3 Å². The van der Waals surface area contributed by atoms with Gasteiger partial charge in [-0.2, -0.15) is 0 Å². The van der Waals surface area contributed by atoms with Crippen molar-refractivity contribution < 1.29 is 0 Å². The first-order valence-corrected chi connectivity index (χ1v) is 6.89. The molecule has 4 aliphatic carbocycles. The number of nitrogens with two attached hydrogens (primary N) is 1. The molecule has 2 heteroatoms. The first-order valence-electron chi connectivity index (χ1n) is 6.89. The van der Waals surface area contributed by atoms with Crippen LogP contribution >= 0.6 is 0 Å². The second kappa shape index (κ2) is 3.23. The van der Waals surface area contributed by atoms with E-state index in [0.717, 1.165) is 11.8 Å². The van der Waals surface area contributed by atoms with Crippen molar-refractivity contribution in [2.75, 3.05) is 14.1 Å². The standard InChI is InChI=1S/C14H26N2/c1-10(15)13-5-11-4-12(6-13)8-14(7-11,9-13)16(2)3/h10-12H,4-9,15H2,1-3H3. The van der Waals surface area contributed by atoms with Crippen LogP contribution in [0.1, 0.15) is 45.4 Å². The molecular weight excluding hydrogens is 196 g/mol. The van der Waals surface area contributed by atoms with Gasteiger partial charge in [-0.25, -0.2) is 0 Å². The number of nitrogens with zero attached hydrogens (tertiary/aromatic N) is 1. The van der Waals surface area contributed by atoms with Gasteiger partial charge in [0.2, 0.25) is 0 Å². The minimum atomic E-state index is 0.387. The van der Waals surface area contributed by atoms with Gasteiger partial charge in [0.1, 0.15) is 0 Å². The number of hydrogen-bond donors (Lipinski definition) is 1. The fourth-order valence-corrected chi connectivity index (χ4v) is 5.34. The monoisotopic (exact) mass is 222 g/mol. The molecule has 0 amide bonds. The molecule has 2 N–H and O–H groups in total. The molecule has 2 nitrogen and oxygen atoms in total. The molecular formula is C14H26N2. The van der Waals surface area contributed by atoms with E-state index in [9.17, 15) is 0 Å². The highest BCUT2D eigenvalue weighted by Gasteiger charge is 2.59. The van der Waals surface area contributed by atoms with Crippen LogP contribution in [0.5, 0.6) is 0 Å². The van der Waals surface area contributed by atoms with Crippen molar-refractivity contribution in [3.05, 3.63) is 0 Å². The van der Waals surface area contributed by atoms with Crippen LogP contribution in [0.3, 0.4) is 0 Å². The maximum atomic E-state index is 6.33. The minimum absolute atomic E-state index is 0.387. The smallest absolute Gasteiger partial charge is 0.0214 e. The zero-order valence-corrected chi connectivity index (χ0v) is 11.0. The Bertz CT molecular complexity index is 255. The van der Waals surface area contributed by atoms with E-state index in [1.165, 1.54) is 38.5 Å². The lowest BCUT2D eigenvalue weighted by molar-refractivity contribution is -0.127. The van der Waals surface area contributed by atoms with E-state index in [1.54, 1.807) is 0 Å². The van der Waals surface area contributed by atoms with Crippen LogP contribution in [0.4, 0.5) is 0 Å². The van der Waals surface area contributed by atoms with Crippen molar-refractivity contribution in [2.45, 2.75) is 57.0 Å². The Balaban J connectivity index is 1.97. The van der Waals surface area contributed by atoms with Crippen LogP contribution < -0.4 is 5.73 Å². The summed E-state index contributed by atoms with van der Waals surface area (Å²) in [5.41, 5.74) is 7.31.